The van der Waals surface area contributed by atoms with Crippen LogP contribution in [0.15, 0.2) is 47.5 Å². The number of hydrogen-bond donors (Lipinski definition) is 3. The summed E-state index contributed by atoms with van der Waals surface area (Å²) in [5.74, 6) is 3.09. The van der Waals surface area contributed by atoms with E-state index in [1.165, 1.54) is 0 Å². The standard InChI is InChI=1S/C21H26N6O3S/c1-14-15(2)18(9-8-17(14)30-4)31(28,29)24-12-11-23-20-13-21(26-16(3)25-20)27-19-7-5-6-10-22-19/h5-10,13,24H,11-12H2,1-4H3,(H2,22,23,25,26,27). The number of aromatic nitrogens is 3. The fourth-order valence-electron chi connectivity index (χ4n) is 3.03. The van der Waals surface area contributed by atoms with E-state index in [9.17, 15) is 8.42 Å². The maximum atomic E-state index is 12.7. The van der Waals surface area contributed by atoms with Crippen molar-refractivity contribution in [2.45, 2.75) is 25.7 Å². The number of rotatable bonds is 9. The monoisotopic (exact) mass is 442 g/mol. The highest BCUT2D eigenvalue weighted by Gasteiger charge is 2.19. The summed E-state index contributed by atoms with van der Waals surface area (Å²) in [6.07, 6.45) is 1.69. The third-order valence-electron chi connectivity index (χ3n) is 4.68. The second-order valence-corrected chi connectivity index (χ2v) is 8.60. The summed E-state index contributed by atoms with van der Waals surface area (Å²) in [5, 5.41) is 6.24. The van der Waals surface area contributed by atoms with Crippen LogP contribution in [0.4, 0.5) is 17.5 Å². The van der Waals surface area contributed by atoms with Crippen LogP contribution in [-0.4, -0.2) is 43.6 Å². The van der Waals surface area contributed by atoms with Gasteiger partial charge in [0.15, 0.2) is 0 Å². The summed E-state index contributed by atoms with van der Waals surface area (Å²) in [6, 6.07) is 10.5. The Balaban J connectivity index is 1.61. The van der Waals surface area contributed by atoms with E-state index >= 15 is 0 Å². The van der Waals surface area contributed by atoms with Gasteiger partial charge in [-0.25, -0.2) is 28.1 Å². The van der Waals surface area contributed by atoms with Crippen molar-refractivity contribution in [1.82, 2.24) is 19.7 Å². The van der Waals surface area contributed by atoms with E-state index in [1.807, 2.05) is 25.1 Å². The zero-order chi connectivity index (χ0) is 22.4. The Morgan fingerprint density at radius 3 is 2.42 bits per heavy atom. The Morgan fingerprint density at radius 2 is 1.71 bits per heavy atom. The Hall–Kier alpha value is -3.24. The molecule has 0 fully saturated rings. The van der Waals surface area contributed by atoms with Crippen molar-refractivity contribution in [2.75, 3.05) is 30.8 Å². The quantitative estimate of drug-likeness (QED) is 0.433. The summed E-state index contributed by atoms with van der Waals surface area (Å²) in [5.41, 5.74) is 1.46. The van der Waals surface area contributed by atoms with Gasteiger partial charge in [0.1, 0.15) is 29.0 Å². The fourth-order valence-corrected chi connectivity index (χ4v) is 4.36. The van der Waals surface area contributed by atoms with Crippen LogP contribution in [0, 0.1) is 20.8 Å². The summed E-state index contributed by atoms with van der Waals surface area (Å²) in [7, 11) is -2.09. The SMILES string of the molecule is COc1ccc(S(=O)(=O)NCCNc2cc(Nc3ccccn3)nc(C)n2)c(C)c1C. The Labute approximate surface area is 182 Å². The van der Waals surface area contributed by atoms with E-state index < -0.39 is 10.0 Å². The summed E-state index contributed by atoms with van der Waals surface area (Å²) < 4.78 is 33.3. The van der Waals surface area contributed by atoms with Crippen molar-refractivity contribution < 1.29 is 13.2 Å². The third-order valence-corrected chi connectivity index (χ3v) is 6.28. The first-order valence-electron chi connectivity index (χ1n) is 9.71. The van der Waals surface area contributed by atoms with Gasteiger partial charge in [0.2, 0.25) is 10.0 Å². The number of benzene rings is 1. The highest BCUT2D eigenvalue weighted by Crippen LogP contribution is 2.26. The number of nitrogens with zero attached hydrogens (tertiary/aromatic N) is 3. The molecule has 31 heavy (non-hydrogen) atoms. The van der Waals surface area contributed by atoms with Crippen LogP contribution in [0.25, 0.3) is 0 Å². The number of sulfonamides is 1. The molecule has 164 valence electrons. The van der Waals surface area contributed by atoms with E-state index in [4.69, 9.17) is 4.74 Å². The largest absolute Gasteiger partial charge is 0.496 e. The molecule has 0 unspecified atom stereocenters. The number of aryl methyl sites for hydroxylation is 1. The topological polar surface area (TPSA) is 118 Å². The van der Waals surface area contributed by atoms with E-state index in [-0.39, 0.29) is 11.4 Å². The first-order valence-corrected chi connectivity index (χ1v) is 11.2. The lowest BCUT2D eigenvalue weighted by molar-refractivity contribution is 0.410. The third kappa shape index (κ3) is 5.68. The summed E-state index contributed by atoms with van der Waals surface area (Å²) >= 11 is 0. The first-order chi connectivity index (χ1) is 14.8. The average Bonchev–Trinajstić information content (AvgIpc) is 2.73. The minimum absolute atomic E-state index is 0.193. The molecule has 9 nitrogen and oxygen atoms in total. The van der Waals surface area contributed by atoms with Crippen molar-refractivity contribution in [2.24, 2.45) is 0 Å². The highest BCUT2D eigenvalue weighted by molar-refractivity contribution is 7.89. The van der Waals surface area contributed by atoms with Crippen LogP contribution in [0.3, 0.4) is 0 Å². The molecule has 0 radical (unpaired) electrons. The molecular formula is C21H26N6O3S. The van der Waals surface area contributed by atoms with Crippen LogP contribution in [0.2, 0.25) is 0 Å². The number of ether oxygens (including phenoxy) is 1. The number of nitrogens with one attached hydrogen (secondary N) is 3. The first kappa shape index (κ1) is 22.4. The molecule has 0 saturated carbocycles. The lowest BCUT2D eigenvalue weighted by atomic mass is 10.1. The number of hydrogen-bond acceptors (Lipinski definition) is 8. The molecule has 0 aliphatic rings. The maximum Gasteiger partial charge on any atom is 0.240 e. The molecule has 3 rings (SSSR count). The molecule has 0 amide bonds. The van der Waals surface area contributed by atoms with E-state index in [1.54, 1.807) is 45.4 Å². The molecule has 0 saturated heterocycles. The van der Waals surface area contributed by atoms with Crippen LogP contribution in [0.5, 0.6) is 5.75 Å². The minimum Gasteiger partial charge on any atom is -0.496 e. The second kappa shape index (κ2) is 9.71. The molecule has 0 atom stereocenters. The zero-order valence-corrected chi connectivity index (χ0v) is 18.7. The molecule has 3 aromatic rings. The molecule has 0 spiro atoms. The molecule has 10 heteroatoms. The van der Waals surface area contributed by atoms with Crippen molar-refractivity contribution >= 4 is 27.5 Å². The van der Waals surface area contributed by atoms with Gasteiger partial charge in [0, 0.05) is 25.4 Å². The molecule has 2 heterocycles. The predicted octanol–water partition coefficient (Wildman–Crippen LogP) is 2.94. The molecule has 3 N–H and O–H groups in total. The van der Waals surface area contributed by atoms with Gasteiger partial charge in [0.05, 0.1) is 12.0 Å². The zero-order valence-electron chi connectivity index (χ0n) is 17.9. The van der Waals surface area contributed by atoms with E-state index in [0.717, 1.165) is 5.56 Å². The Morgan fingerprint density at radius 1 is 0.935 bits per heavy atom. The summed E-state index contributed by atoms with van der Waals surface area (Å²) in [4.78, 5) is 13.1. The minimum atomic E-state index is -3.65. The van der Waals surface area contributed by atoms with Crippen molar-refractivity contribution in [3.63, 3.8) is 0 Å². The van der Waals surface area contributed by atoms with Crippen molar-refractivity contribution in [3.05, 3.63) is 59.5 Å². The lowest BCUT2D eigenvalue weighted by Gasteiger charge is -2.14. The number of anilines is 3. The highest BCUT2D eigenvalue weighted by atomic mass is 32.2. The molecule has 0 aliphatic carbocycles. The molecule has 0 bridgehead atoms. The molecule has 0 aliphatic heterocycles. The smallest absolute Gasteiger partial charge is 0.240 e. The second-order valence-electron chi connectivity index (χ2n) is 6.87. The number of methoxy groups -OCH3 is 1. The van der Waals surface area contributed by atoms with Crippen LogP contribution in [-0.2, 0) is 10.0 Å². The van der Waals surface area contributed by atoms with Gasteiger partial charge in [-0.3, -0.25) is 0 Å². The normalized spacial score (nSPS) is 11.2. The van der Waals surface area contributed by atoms with Gasteiger partial charge in [-0.05, 0) is 56.2 Å². The lowest BCUT2D eigenvalue weighted by Crippen LogP contribution is -2.29. The molecule has 2 aromatic heterocycles. The van der Waals surface area contributed by atoms with Gasteiger partial charge in [-0.15, -0.1) is 0 Å². The van der Waals surface area contributed by atoms with Crippen LogP contribution < -0.4 is 20.1 Å². The predicted molar refractivity (Wildman–Crippen MR) is 120 cm³/mol. The summed E-state index contributed by atoms with van der Waals surface area (Å²) in [6.45, 7) is 5.94. The van der Waals surface area contributed by atoms with Gasteiger partial charge in [0.25, 0.3) is 0 Å². The van der Waals surface area contributed by atoms with E-state index in [2.05, 4.69) is 30.3 Å². The average molecular weight is 443 g/mol. The fraction of sp³-hybridized carbons (Fsp3) is 0.286. The van der Waals surface area contributed by atoms with Gasteiger partial charge in [-0.1, -0.05) is 6.07 Å². The van der Waals surface area contributed by atoms with Crippen molar-refractivity contribution in [3.8, 4) is 5.75 Å². The van der Waals surface area contributed by atoms with E-state index in [0.29, 0.717) is 41.1 Å². The van der Waals surface area contributed by atoms with Crippen LogP contribution in [0.1, 0.15) is 17.0 Å². The van der Waals surface area contributed by atoms with Gasteiger partial charge >= 0.3 is 0 Å². The molecule has 1 aromatic carbocycles. The van der Waals surface area contributed by atoms with Gasteiger partial charge in [-0.2, -0.15) is 0 Å². The Bertz CT molecular complexity index is 1150. The van der Waals surface area contributed by atoms with Gasteiger partial charge < -0.3 is 15.4 Å². The van der Waals surface area contributed by atoms with Crippen LogP contribution >= 0.6 is 0 Å². The Kier molecular flexibility index (Phi) is 7.03. The maximum absolute atomic E-state index is 12.7. The van der Waals surface area contributed by atoms with Crippen molar-refractivity contribution in [1.29, 1.82) is 0 Å². The number of pyridine rings is 1. The molecular weight excluding hydrogens is 416 g/mol.